The van der Waals surface area contributed by atoms with Gasteiger partial charge in [0, 0.05) is 12.5 Å². The number of amides is 3. The fourth-order valence-corrected chi connectivity index (χ4v) is 3.51. The van der Waals surface area contributed by atoms with Crippen LogP contribution < -0.4 is 16.0 Å². The van der Waals surface area contributed by atoms with Gasteiger partial charge in [-0.15, -0.1) is 0 Å². The first-order chi connectivity index (χ1) is 14.1. The Kier molecular flexibility index (Phi) is 10.6. The molecular weight excluding hydrogens is 390 g/mol. The van der Waals surface area contributed by atoms with Gasteiger partial charge in [0.2, 0.25) is 11.8 Å². The number of unbranched alkanes of at least 4 members (excludes halogenated alkanes) is 2. The van der Waals surface area contributed by atoms with Crippen molar-refractivity contribution in [2.45, 2.75) is 77.8 Å². The van der Waals surface area contributed by atoms with Gasteiger partial charge in [-0.1, -0.05) is 33.6 Å². The van der Waals surface area contributed by atoms with Crippen LogP contribution in [0.1, 0.15) is 66.2 Å². The molecule has 0 saturated carbocycles. The molecule has 1 aliphatic rings. The highest BCUT2D eigenvalue weighted by atomic mass is 16.5. The minimum atomic E-state index is -1.39. The average Bonchev–Trinajstić information content (AvgIpc) is 3.07. The Morgan fingerprint density at radius 1 is 1.27 bits per heavy atom. The molecule has 30 heavy (non-hydrogen) atoms. The number of methoxy groups -OCH3 is 1. The Hall–Kier alpha value is -2.32. The maximum absolute atomic E-state index is 13.0. The fourth-order valence-electron chi connectivity index (χ4n) is 3.51. The monoisotopic (exact) mass is 427 g/mol. The average molecular weight is 428 g/mol. The Morgan fingerprint density at radius 2 is 1.97 bits per heavy atom. The SMILES string of the molecule is CCCCCOC(=O)NC(CC(C)C)C(=O)NC(C)(CC1CCNC1=O)C(=O)OC. The first kappa shape index (κ1) is 25.7. The summed E-state index contributed by atoms with van der Waals surface area (Å²) in [4.78, 5) is 49.5. The van der Waals surface area contributed by atoms with E-state index < -0.39 is 35.5 Å². The molecule has 3 N–H and O–H groups in total. The molecule has 172 valence electrons. The Bertz CT molecular complexity index is 610. The van der Waals surface area contributed by atoms with Gasteiger partial charge < -0.3 is 25.4 Å². The molecule has 0 aliphatic carbocycles. The molecule has 0 aromatic rings. The van der Waals surface area contributed by atoms with Gasteiger partial charge in [-0.3, -0.25) is 9.59 Å². The van der Waals surface area contributed by atoms with Gasteiger partial charge >= 0.3 is 12.1 Å². The Balaban J connectivity index is 2.84. The summed E-state index contributed by atoms with van der Waals surface area (Å²) >= 11 is 0. The van der Waals surface area contributed by atoms with Crippen LogP contribution in [0.5, 0.6) is 0 Å². The number of carbonyl (C=O) groups excluding carboxylic acids is 4. The number of nitrogens with one attached hydrogen (secondary N) is 3. The lowest BCUT2D eigenvalue weighted by Crippen LogP contribution is -2.59. The minimum Gasteiger partial charge on any atom is -0.467 e. The summed E-state index contributed by atoms with van der Waals surface area (Å²) in [6.07, 6.45) is 3.13. The second kappa shape index (κ2) is 12.4. The zero-order valence-electron chi connectivity index (χ0n) is 18.8. The highest BCUT2D eigenvalue weighted by molar-refractivity contribution is 5.92. The molecule has 9 nitrogen and oxygen atoms in total. The molecule has 3 atom stereocenters. The summed E-state index contributed by atoms with van der Waals surface area (Å²) in [7, 11) is 1.24. The topological polar surface area (TPSA) is 123 Å². The first-order valence-electron chi connectivity index (χ1n) is 10.7. The maximum atomic E-state index is 13.0. The van der Waals surface area contributed by atoms with E-state index in [2.05, 4.69) is 22.9 Å². The number of esters is 1. The van der Waals surface area contributed by atoms with Crippen molar-refractivity contribution in [3.05, 3.63) is 0 Å². The largest absolute Gasteiger partial charge is 0.467 e. The first-order valence-corrected chi connectivity index (χ1v) is 10.7. The van der Waals surface area contributed by atoms with E-state index in [0.29, 0.717) is 19.4 Å². The molecule has 0 bridgehead atoms. The molecule has 0 spiro atoms. The van der Waals surface area contributed by atoms with Crippen molar-refractivity contribution in [1.82, 2.24) is 16.0 Å². The molecule has 1 saturated heterocycles. The van der Waals surface area contributed by atoms with Gasteiger partial charge in [0.1, 0.15) is 11.6 Å². The van der Waals surface area contributed by atoms with E-state index in [1.165, 1.54) is 14.0 Å². The summed E-state index contributed by atoms with van der Waals surface area (Å²) < 4.78 is 10.0. The molecule has 0 aromatic carbocycles. The number of rotatable bonds is 12. The molecule has 1 aliphatic heterocycles. The zero-order chi connectivity index (χ0) is 22.7. The molecule has 9 heteroatoms. The van der Waals surface area contributed by atoms with Gasteiger partial charge in [-0.25, -0.2) is 9.59 Å². The summed E-state index contributed by atoms with van der Waals surface area (Å²) in [5, 5.41) is 8.05. The predicted octanol–water partition coefficient (Wildman–Crippen LogP) is 1.89. The minimum absolute atomic E-state index is 0.117. The molecule has 1 fully saturated rings. The van der Waals surface area contributed by atoms with Gasteiger partial charge in [-0.2, -0.15) is 0 Å². The normalized spacial score (nSPS) is 18.9. The third kappa shape index (κ3) is 8.20. The lowest BCUT2D eigenvalue weighted by Gasteiger charge is -2.32. The second-order valence-corrected chi connectivity index (χ2v) is 8.46. The molecule has 3 amide bonds. The van der Waals surface area contributed by atoms with Crippen molar-refractivity contribution in [2.24, 2.45) is 11.8 Å². The molecular formula is C21H37N3O6. The van der Waals surface area contributed by atoms with Crippen LogP contribution in [0.15, 0.2) is 0 Å². The number of ether oxygens (including phenoxy) is 2. The predicted molar refractivity (Wildman–Crippen MR) is 112 cm³/mol. The molecule has 1 heterocycles. The smallest absolute Gasteiger partial charge is 0.407 e. The van der Waals surface area contributed by atoms with Gasteiger partial charge in [-0.05, 0) is 38.5 Å². The summed E-state index contributed by atoms with van der Waals surface area (Å²) in [5.41, 5.74) is -1.39. The Labute approximate surface area is 179 Å². The number of hydrogen-bond acceptors (Lipinski definition) is 6. The number of alkyl carbamates (subject to hydrolysis) is 1. The quantitative estimate of drug-likeness (QED) is 0.323. The van der Waals surface area contributed by atoms with Crippen LogP contribution in [0.3, 0.4) is 0 Å². The van der Waals surface area contributed by atoms with E-state index in [1.807, 2.05) is 13.8 Å². The molecule has 1 rings (SSSR count). The number of hydrogen-bond donors (Lipinski definition) is 3. The Morgan fingerprint density at radius 3 is 2.50 bits per heavy atom. The van der Waals surface area contributed by atoms with Gasteiger partial charge in [0.15, 0.2) is 0 Å². The van der Waals surface area contributed by atoms with Gasteiger partial charge in [0.05, 0.1) is 13.7 Å². The van der Waals surface area contributed by atoms with Crippen LogP contribution in [0, 0.1) is 11.8 Å². The van der Waals surface area contributed by atoms with Crippen LogP contribution in [-0.2, 0) is 23.9 Å². The van der Waals surface area contributed by atoms with E-state index >= 15 is 0 Å². The van der Waals surface area contributed by atoms with E-state index in [4.69, 9.17) is 9.47 Å². The van der Waals surface area contributed by atoms with E-state index in [0.717, 1.165) is 19.3 Å². The molecule has 0 aromatic heterocycles. The van der Waals surface area contributed by atoms with E-state index in [1.54, 1.807) is 0 Å². The van der Waals surface area contributed by atoms with E-state index in [-0.39, 0.29) is 24.9 Å². The van der Waals surface area contributed by atoms with Crippen LogP contribution in [-0.4, -0.2) is 55.7 Å². The van der Waals surface area contributed by atoms with Crippen LogP contribution in [0.4, 0.5) is 4.79 Å². The second-order valence-electron chi connectivity index (χ2n) is 8.46. The van der Waals surface area contributed by atoms with Crippen molar-refractivity contribution in [3.8, 4) is 0 Å². The van der Waals surface area contributed by atoms with Crippen LogP contribution in [0.2, 0.25) is 0 Å². The summed E-state index contributed by atoms with van der Waals surface area (Å²) in [5.74, 6) is -1.58. The molecule has 3 unspecified atom stereocenters. The van der Waals surface area contributed by atoms with Crippen LogP contribution >= 0.6 is 0 Å². The van der Waals surface area contributed by atoms with Crippen molar-refractivity contribution in [3.63, 3.8) is 0 Å². The maximum Gasteiger partial charge on any atom is 0.407 e. The number of carbonyl (C=O) groups is 4. The van der Waals surface area contributed by atoms with E-state index in [9.17, 15) is 19.2 Å². The van der Waals surface area contributed by atoms with Crippen molar-refractivity contribution in [2.75, 3.05) is 20.3 Å². The highest BCUT2D eigenvalue weighted by Crippen LogP contribution is 2.24. The van der Waals surface area contributed by atoms with Crippen molar-refractivity contribution < 1.29 is 28.7 Å². The zero-order valence-corrected chi connectivity index (χ0v) is 18.8. The lowest BCUT2D eigenvalue weighted by atomic mass is 9.87. The standard InChI is InChI=1S/C21H37N3O6/c1-6-7-8-11-30-20(28)23-16(12-14(2)3)18(26)24-21(4,19(27)29-5)13-15-9-10-22-17(15)25/h14-16H,6-13H2,1-5H3,(H,22,25)(H,23,28)(H,24,26). The van der Waals surface area contributed by atoms with Crippen molar-refractivity contribution >= 4 is 23.9 Å². The highest BCUT2D eigenvalue weighted by Gasteiger charge is 2.42. The third-order valence-corrected chi connectivity index (χ3v) is 5.15. The lowest BCUT2D eigenvalue weighted by molar-refractivity contribution is -0.151. The molecule has 0 radical (unpaired) electrons. The van der Waals surface area contributed by atoms with Crippen molar-refractivity contribution in [1.29, 1.82) is 0 Å². The fraction of sp³-hybridized carbons (Fsp3) is 0.810. The van der Waals surface area contributed by atoms with Gasteiger partial charge in [0.25, 0.3) is 0 Å². The summed E-state index contributed by atoms with van der Waals surface area (Å²) in [6.45, 7) is 8.27. The third-order valence-electron chi connectivity index (χ3n) is 5.15. The summed E-state index contributed by atoms with van der Waals surface area (Å²) in [6, 6.07) is -0.870. The van der Waals surface area contributed by atoms with Crippen LogP contribution in [0.25, 0.3) is 0 Å².